The van der Waals surface area contributed by atoms with Crippen molar-refractivity contribution in [3.63, 3.8) is 0 Å². The number of halogens is 3. The number of benzene rings is 2. The molecule has 0 bridgehead atoms. The van der Waals surface area contributed by atoms with Crippen molar-refractivity contribution in [1.29, 1.82) is 0 Å². The third-order valence-corrected chi connectivity index (χ3v) is 7.78. The third kappa shape index (κ3) is 8.99. The van der Waals surface area contributed by atoms with Gasteiger partial charge in [-0.3, -0.25) is 9.59 Å². The summed E-state index contributed by atoms with van der Waals surface area (Å²) < 4.78 is 0. The molecule has 0 aliphatic carbocycles. The molecule has 2 aliphatic rings. The van der Waals surface area contributed by atoms with Crippen LogP contribution in [0, 0.1) is 0 Å². The van der Waals surface area contributed by atoms with Crippen LogP contribution in [0.1, 0.15) is 43.2 Å². The number of nitrogens with one attached hydrogen (secondary N) is 2. The number of hydrogen-bond acceptors (Lipinski definition) is 4. The van der Waals surface area contributed by atoms with E-state index >= 15 is 0 Å². The molecule has 0 saturated carbocycles. The zero-order chi connectivity index (χ0) is 26.9. The van der Waals surface area contributed by atoms with Crippen LogP contribution in [0.4, 0.5) is 0 Å². The Hall–Kier alpha value is -2.09. The van der Waals surface area contributed by atoms with Crippen molar-refractivity contribution in [2.75, 3.05) is 32.7 Å². The molecular weight excluding hydrogens is 543 g/mol. The summed E-state index contributed by atoms with van der Waals surface area (Å²) in [7, 11) is 0. The lowest BCUT2D eigenvalue weighted by atomic mass is 10.1. The van der Waals surface area contributed by atoms with Gasteiger partial charge in [0.25, 0.3) is 0 Å². The van der Waals surface area contributed by atoms with Gasteiger partial charge in [0, 0.05) is 53.4 Å². The average molecular weight is 578 g/mol. The molecule has 2 saturated heterocycles. The van der Waals surface area contributed by atoms with Crippen LogP contribution < -0.4 is 10.6 Å². The van der Waals surface area contributed by atoms with Gasteiger partial charge in [-0.2, -0.15) is 0 Å². The van der Waals surface area contributed by atoms with Crippen LogP contribution in [-0.2, 0) is 16.1 Å². The first-order valence-electron chi connectivity index (χ1n) is 13.3. The van der Waals surface area contributed by atoms with Crippen molar-refractivity contribution < 1.29 is 9.59 Å². The van der Waals surface area contributed by atoms with Gasteiger partial charge in [-0.25, -0.2) is 0 Å². The molecule has 2 atom stereocenters. The van der Waals surface area contributed by atoms with Crippen LogP contribution in [0.2, 0.25) is 15.1 Å². The Morgan fingerprint density at radius 2 is 1.68 bits per heavy atom. The summed E-state index contributed by atoms with van der Waals surface area (Å²) in [6.45, 7) is 4.52. The Morgan fingerprint density at radius 3 is 2.39 bits per heavy atom. The molecule has 2 heterocycles. The molecule has 204 valence electrons. The predicted octanol–water partition coefficient (Wildman–Crippen LogP) is 5.41. The average Bonchev–Trinajstić information content (AvgIpc) is 3.04. The monoisotopic (exact) mass is 576 g/mol. The Balaban J connectivity index is 1.39. The van der Waals surface area contributed by atoms with E-state index in [0.717, 1.165) is 43.6 Å². The highest BCUT2D eigenvalue weighted by Gasteiger charge is 2.31. The normalized spacial score (nSPS) is 21.0. The number of hydrogen-bond donors (Lipinski definition) is 2. The lowest BCUT2D eigenvalue weighted by Crippen LogP contribution is -2.50. The molecule has 0 unspecified atom stereocenters. The summed E-state index contributed by atoms with van der Waals surface area (Å²) in [4.78, 5) is 30.5. The van der Waals surface area contributed by atoms with Gasteiger partial charge in [-0.15, -0.1) is 0 Å². The van der Waals surface area contributed by atoms with Gasteiger partial charge in [0.15, 0.2) is 0 Å². The first-order chi connectivity index (χ1) is 18.4. The minimum atomic E-state index is -0.319. The zero-order valence-corrected chi connectivity index (χ0v) is 23.7. The fourth-order valence-corrected chi connectivity index (χ4v) is 5.75. The van der Waals surface area contributed by atoms with E-state index in [-0.39, 0.29) is 23.9 Å². The molecule has 2 N–H and O–H groups in total. The predicted molar refractivity (Wildman–Crippen MR) is 156 cm³/mol. The molecule has 0 radical (unpaired) electrons. The topological polar surface area (TPSA) is 64.7 Å². The highest BCUT2D eigenvalue weighted by Crippen LogP contribution is 2.22. The Bertz CT molecular complexity index is 1100. The van der Waals surface area contributed by atoms with Crippen molar-refractivity contribution in [3.8, 4) is 0 Å². The molecule has 6 nitrogen and oxygen atoms in total. The van der Waals surface area contributed by atoms with Crippen molar-refractivity contribution in [3.05, 3.63) is 74.7 Å². The van der Waals surface area contributed by atoms with Gasteiger partial charge >= 0.3 is 0 Å². The zero-order valence-electron chi connectivity index (χ0n) is 21.5. The highest BCUT2D eigenvalue weighted by atomic mass is 35.5. The molecule has 4 rings (SSSR count). The Morgan fingerprint density at radius 1 is 0.974 bits per heavy atom. The first-order valence-corrected chi connectivity index (χ1v) is 14.4. The van der Waals surface area contributed by atoms with E-state index in [9.17, 15) is 9.59 Å². The van der Waals surface area contributed by atoms with Crippen LogP contribution in [-0.4, -0.2) is 66.4 Å². The first kappa shape index (κ1) is 28.9. The molecule has 2 aromatic carbocycles. The molecule has 38 heavy (non-hydrogen) atoms. The fraction of sp³-hybridized carbons (Fsp3) is 0.448. The number of likely N-dealkylation sites (tertiary alicyclic amines) is 1. The summed E-state index contributed by atoms with van der Waals surface area (Å²) in [5.41, 5.74) is 1.81. The SMILES string of the molecule is O=C(/C=C/c1ccc(Cl)cc1)NC[C@@H]1CCN(Cc2cc(Cl)cc(Cl)c2)C(=O)[C@H](CCN2CCCCC2)N1. The minimum Gasteiger partial charge on any atom is -0.351 e. The molecular formula is C29H35Cl3N4O2. The number of amides is 2. The van der Waals surface area contributed by atoms with E-state index in [1.165, 1.54) is 25.3 Å². The van der Waals surface area contributed by atoms with E-state index < -0.39 is 0 Å². The third-order valence-electron chi connectivity index (χ3n) is 7.09. The van der Waals surface area contributed by atoms with Gasteiger partial charge in [-0.1, -0.05) is 53.4 Å². The summed E-state index contributed by atoms with van der Waals surface area (Å²) in [6.07, 6.45) is 8.44. The second-order valence-corrected chi connectivity index (χ2v) is 11.4. The van der Waals surface area contributed by atoms with Crippen molar-refractivity contribution in [1.82, 2.24) is 20.4 Å². The minimum absolute atomic E-state index is 0.0221. The summed E-state index contributed by atoms with van der Waals surface area (Å²) in [6, 6.07) is 12.4. The summed E-state index contributed by atoms with van der Waals surface area (Å²) >= 11 is 18.3. The maximum atomic E-state index is 13.6. The maximum absolute atomic E-state index is 13.6. The van der Waals surface area contributed by atoms with Gasteiger partial charge in [0.05, 0.1) is 6.04 Å². The standard InChI is InChI=1S/C29H35Cl3N4O2/c30-23-7-4-21(5-8-23)6-9-28(37)33-19-26-10-15-36(20-22-16-24(31)18-25(32)17-22)29(38)27(34-26)11-14-35-12-2-1-3-13-35/h4-9,16-18,26-27,34H,1-3,10-15,19-20H2,(H,33,37)/b9-6+/t26-,27-/m0/s1. The molecule has 2 aromatic rings. The molecule has 0 aromatic heterocycles. The summed E-state index contributed by atoms with van der Waals surface area (Å²) in [5, 5.41) is 8.32. The van der Waals surface area contributed by atoms with Gasteiger partial charge in [-0.05, 0) is 86.3 Å². The Kier molecular flexibility index (Phi) is 10.9. The van der Waals surface area contributed by atoms with E-state index in [1.807, 2.05) is 29.2 Å². The fourth-order valence-electron chi connectivity index (χ4n) is 5.05. The number of carbonyl (C=O) groups excluding carboxylic acids is 2. The molecule has 0 spiro atoms. The lowest BCUT2D eigenvalue weighted by Gasteiger charge is -2.30. The van der Waals surface area contributed by atoms with Crippen molar-refractivity contribution in [2.45, 2.75) is 50.7 Å². The van der Waals surface area contributed by atoms with E-state index in [4.69, 9.17) is 34.8 Å². The van der Waals surface area contributed by atoms with E-state index in [2.05, 4.69) is 15.5 Å². The largest absolute Gasteiger partial charge is 0.351 e. The molecule has 9 heteroatoms. The van der Waals surface area contributed by atoms with Crippen LogP contribution >= 0.6 is 34.8 Å². The van der Waals surface area contributed by atoms with E-state index in [1.54, 1.807) is 24.3 Å². The lowest BCUT2D eigenvalue weighted by molar-refractivity contribution is -0.133. The van der Waals surface area contributed by atoms with Crippen molar-refractivity contribution >= 4 is 52.7 Å². The molecule has 2 amide bonds. The van der Waals surface area contributed by atoms with Crippen LogP contribution in [0.3, 0.4) is 0 Å². The number of piperidine rings is 1. The number of nitrogens with zero attached hydrogens (tertiary/aromatic N) is 2. The van der Waals surface area contributed by atoms with Gasteiger partial charge < -0.3 is 20.4 Å². The smallest absolute Gasteiger partial charge is 0.244 e. The number of rotatable bonds is 9. The highest BCUT2D eigenvalue weighted by molar-refractivity contribution is 6.34. The Labute approximate surface area is 240 Å². The second-order valence-electron chi connectivity index (χ2n) is 10.1. The number of carbonyl (C=O) groups is 2. The van der Waals surface area contributed by atoms with Crippen LogP contribution in [0.5, 0.6) is 0 Å². The summed E-state index contributed by atoms with van der Waals surface area (Å²) in [5.74, 6) is -0.0952. The van der Waals surface area contributed by atoms with Gasteiger partial charge in [0.2, 0.25) is 11.8 Å². The van der Waals surface area contributed by atoms with Crippen molar-refractivity contribution in [2.24, 2.45) is 0 Å². The maximum Gasteiger partial charge on any atom is 0.244 e. The quantitative estimate of drug-likeness (QED) is 0.391. The van der Waals surface area contributed by atoms with Crippen LogP contribution in [0.15, 0.2) is 48.5 Å². The van der Waals surface area contributed by atoms with E-state index in [0.29, 0.717) is 34.7 Å². The van der Waals surface area contributed by atoms with Gasteiger partial charge in [0.1, 0.15) is 0 Å². The second kappa shape index (κ2) is 14.3. The molecule has 2 fully saturated rings. The molecule has 2 aliphatic heterocycles. The van der Waals surface area contributed by atoms with Crippen LogP contribution in [0.25, 0.3) is 6.08 Å².